The van der Waals surface area contributed by atoms with E-state index in [1.807, 2.05) is 0 Å². The molecule has 1 aliphatic rings. The van der Waals surface area contributed by atoms with Crippen LogP contribution in [0.5, 0.6) is 0 Å². The Hall–Kier alpha value is -1.19. The van der Waals surface area contributed by atoms with Crippen LogP contribution in [0.15, 0.2) is 4.21 Å². The van der Waals surface area contributed by atoms with Crippen LogP contribution in [-0.4, -0.2) is 44.0 Å². The summed E-state index contributed by atoms with van der Waals surface area (Å²) < 4.78 is 31.4. The first-order valence-electron chi connectivity index (χ1n) is 6.67. The molecule has 1 amide bonds. The van der Waals surface area contributed by atoms with Gasteiger partial charge in [-0.1, -0.05) is 18.3 Å². The average Bonchev–Trinajstić information content (AvgIpc) is 2.80. The van der Waals surface area contributed by atoms with Gasteiger partial charge in [-0.15, -0.1) is 0 Å². The normalized spacial score (nSPS) is 17.7. The maximum Gasteiger partial charge on any atom is 0.413 e. The molecule has 9 heteroatoms. The number of anilines is 1. The van der Waals surface area contributed by atoms with Crippen molar-refractivity contribution in [2.75, 3.05) is 25.5 Å². The van der Waals surface area contributed by atoms with Gasteiger partial charge in [0.15, 0.2) is 9.34 Å². The third-order valence-electron chi connectivity index (χ3n) is 3.47. The lowest BCUT2D eigenvalue weighted by atomic mass is 10.0. The molecule has 118 valence electrons. The highest BCUT2D eigenvalue weighted by Crippen LogP contribution is 2.31. The average molecular weight is 333 g/mol. The molecule has 1 saturated heterocycles. The van der Waals surface area contributed by atoms with Crippen molar-refractivity contribution >= 4 is 32.6 Å². The third kappa shape index (κ3) is 3.53. The summed E-state index contributed by atoms with van der Waals surface area (Å²) in [4.78, 5) is 15.2. The van der Waals surface area contributed by atoms with E-state index in [1.54, 1.807) is 6.92 Å². The number of hydrogen-bond acceptors (Lipinski definition) is 6. The van der Waals surface area contributed by atoms with Crippen LogP contribution in [0.2, 0.25) is 0 Å². The second kappa shape index (κ2) is 6.29. The second-order valence-electron chi connectivity index (χ2n) is 5.10. The molecule has 7 nitrogen and oxygen atoms in total. The van der Waals surface area contributed by atoms with Crippen molar-refractivity contribution in [3.63, 3.8) is 0 Å². The first-order chi connectivity index (χ1) is 9.84. The molecule has 0 unspecified atom stereocenters. The van der Waals surface area contributed by atoms with Crippen molar-refractivity contribution in [3.8, 4) is 0 Å². The lowest BCUT2D eigenvalue weighted by molar-refractivity contribution is 0.187. The van der Waals surface area contributed by atoms with Crippen molar-refractivity contribution in [3.05, 3.63) is 5.69 Å². The number of aryl methyl sites for hydroxylation is 1. The predicted octanol–water partition coefficient (Wildman–Crippen LogP) is 2.05. The zero-order chi connectivity index (χ0) is 15.6. The minimum atomic E-state index is -3.54. The second-order valence-corrected chi connectivity index (χ2v) is 8.23. The molecule has 0 atom stereocenters. The number of aromatic nitrogens is 1. The summed E-state index contributed by atoms with van der Waals surface area (Å²) >= 11 is 0.952. The fraction of sp³-hybridized carbons (Fsp3) is 0.667. The van der Waals surface area contributed by atoms with Crippen LogP contribution in [-0.2, 0) is 14.8 Å². The van der Waals surface area contributed by atoms with Gasteiger partial charge >= 0.3 is 6.09 Å². The van der Waals surface area contributed by atoms with Crippen LogP contribution >= 0.6 is 11.3 Å². The van der Waals surface area contributed by atoms with Crippen molar-refractivity contribution in [2.24, 2.45) is 5.92 Å². The maximum atomic E-state index is 12.6. The molecule has 2 rings (SSSR count). The summed E-state index contributed by atoms with van der Waals surface area (Å²) in [5.74, 6) is 0.551. The molecular formula is C12H19N3O4S2. The summed E-state index contributed by atoms with van der Waals surface area (Å²) in [6, 6.07) is 0. The molecule has 0 aliphatic carbocycles. The van der Waals surface area contributed by atoms with E-state index < -0.39 is 16.1 Å². The summed E-state index contributed by atoms with van der Waals surface area (Å²) in [7, 11) is -2.30. The van der Waals surface area contributed by atoms with E-state index in [4.69, 9.17) is 0 Å². The molecule has 2 heterocycles. The van der Waals surface area contributed by atoms with Gasteiger partial charge in [0.1, 0.15) is 0 Å². The minimum Gasteiger partial charge on any atom is -0.453 e. The Bertz CT molecular complexity index is 618. The molecule has 1 fully saturated rings. The molecule has 0 radical (unpaired) electrons. The van der Waals surface area contributed by atoms with Gasteiger partial charge in [-0.3, -0.25) is 5.32 Å². The van der Waals surface area contributed by atoms with E-state index in [0.717, 1.165) is 24.2 Å². The van der Waals surface area contributed by atoms with E-state index in [0.29, 0.717) is 24.7 Å². The Labute approximate surface area is 128 Å². The maximum absolute atomic E-state index is 12.6. The molecule has 1 aromatic rings. The molecule has 21 heavy (non-hydrogen) atoms. The topological polar surface area (TPSA) is 88.6 Å². The van der Waals surface area contributed by atoms with Gasteiger partial charge < -0.3 is 4.74 Å². The number of nitrogens with one attached hydrogen (secondary N) is 1. The zero-order valence-electron chi connectivity index (χ0n) is 12.2. The fourth-order valence-corrected chi connectivity index (χ4v) is 5.16. The first-order valence-corrected chi connectivity index (χ1v) is 8.92. The lowest BCUT2D eigenvalue weighted by Crippen LogP contribution is -2.37. The van der Waals surface area contributed by atoms with Gasteiger partial charge in [0.05, 0.1) is 12.8 Å². The van der Waals surface area contributed by atoms with Crippen molar-refractivity contribution < 1.29 is 17.9 Å². The number of carbonyl (C=O) groups is 1. The number of ether oxygens (including phenoxy) is 1. The van der Waals surface area contributed by atoms with Crippen LogP contribution in [0.4, 0.5) is 9.93 Å². The van der Waals surface area contributed by atoms with Gasteiger partial charge in [-0.05, 0) is 25.7 Å². The Balaban J connectivity index is 2.22. The highest BCUT2D eigenvalue weighted by molar-refractivity contribution is 7.91. The van der Waals surface area contributed by atoms with E-state index in [-0.39, 0.29) is 9.34 Å². The van der Waals surface area contributed by atoms with Gasteiger partial charge in [0.25, 0.3) is 10.0 Å². The number of piperidine rings is 1. The predicted molar refractivity (Wildman–Crippen MR) is 80.0 cm³/mol. The minimum absolute atomic E-state index is 0.184. The summed E-state index contributed by atoms with van der Waals surface area (Å²) in [5, 5.41) is 2.62. The number of hydrogen-bond donors (Lipinski definition) is 1. The molecule has 0 aromatic carbocycles. The SMILES string of the molecule is COC(=O)Nc1nc(C)c(S(=O)(=O)N2CCC(C)CC2)s1. The molecule has 0 spiro atoms. The summed E-state index contributed by atoms with van der Waals surface area (Å²) in [5.41, 5.74) is 0.394. The molecule has 0 saturated carbocycles. The third-order valence-corrected chi connectivity index (χ3v) is 7.02. The Kier molecular flexibility index (Phi) is 4.84. The van der Waals surface area contributed by atoms with Crippen LogP contribution in [0.25, 0.3) is 0 Å². The smallest absolute Gasteiger partial charge is 0.413 e. The van der Waals surface area contributed by atoms with E-state index >= 15 is 0 Å². The van der Waals surface area contributed by atoms with Crippen LogP contribution in [0.3, 0.4) is 0 Å². The number of sulfonamides is 1. The first kappa shape index (κ1) is 16.2. The molecule has 0 bridgehead atoms. The van der Waals surface area contributed by atoms with E-state index in [1.165, 1.54) is 11.4 Å². The van der Waals surface area contributed by atoms with E-state index in [2.05, 4.69) is 22.0 Å². The van der Waals surface area contributed by atoms with E-state index in [9.17, 15) is 13.2 Å². The molecular weight excluding hydrogens is 314 g/mol. The zero-order valence-corrected chi connectivity index (χ0v) is 13.9. The fourth-order valence-electron chi connectivity index (χ4n) is 2.16. The van der Waals surface area contributed by atoms with Gasteiger partial charge in [-0.25, -0.2) is 18.2 Å². The standard InChI is InChI=1S/C12H19N3O4S2/c1-8-4-6-15(7-5-8)21(17,18)10-9(2)13-11(20-10)14-12(16)19-3/h8H,4-7H2,1-3H3,(H,13,14,16). The number of carbonyl (C=O) groups excluding carboxylic acids is 1. The Morgan fingerprint density at radius 3 is 2.62 bits per heavy atom. The molecule has 1 aliphatic heterocycles. The summed E-state index contributed by atoms with van der Waals surface area (Å²) in [6.07, 6.45) is 1.06. The number of nitrogens with zero attached hydrogens (tertiary/aromatic N) is 2. The quantitative estimate of drug-likeness (QED) is 0.914. The molecule has 1 aromatic heterocycles. The van der Waals surface area contributed by atoms with Crippen LogP contribution < -0.4 is 5.32 Å². The number of rotatable bonds is 3. The number of amides is 1. The lowest BCUT2D eigenvalue weighted by Gasteiger charge is -2.28. The highest BCUT2D eigenvalue weighted by Gasteiger charge is 2.31. The highest BCUT2D eigenvalue weighted by atomic mass is 32.2. The van der Waals surface area contributed by atoms with Crippen LogP contribution in [0, 0.1) is 12.8 Å². The molecule has 1 N–H and O–H groups in total. The van der Waals surface area contributed by atoms with Crippen molar-refractivity contribution in [1.29, 1.82) is 0 Å². The van der Waals surface area contributed by atoms with Crippen molar-refractivity contribution in [1.82, 2.24) is 9.29 Å². The van der Waals surface area contributed by atoms with Crippen LogP contribution in [0.1, 0.15) is 25.5 Å². The van der Waals surface area contributed by atoms with Gasteiger partial charge in [-0.2, -0.15) is 4.31 Å². The van der Waals surface area contributed by atoms with Crippen molar-refractivity contribution in [2.45, 2.75) is 30.9 Å². The largest absolute Gasteiger partial charge is 0.453 e. The van der Waals surface area contributed by atoms with Gasteiger partial charge in [0.2, 0.25) is 0 Å². The van der Waals surface area contributed by atoms with Gasteiger partial charge in [0, 0.05) is 13.1 Å². The Morgan fingerprint density at radius 2 is 2.05 bits per heavy atom. The summed E-state index contributed by atoms with van der Waals surface area (Å²) in [6.45, 7) is 4.81. The number of methoxy groups -OCH3 is 1. The Morgan fingerprint density at radius 1 is 1.43 bits per heavy atom. The monoisotopic (exact) mass is 333 g/mol. The number of thiazole rings is 1.